The van der Waals surface area contributed by atoms with Crippen LogP contribution >= 0.6 is 0 Å². The molecule has 1 heterocycles. The first-order valence-electron chi connectivity index (χ1n) is 4.53. The SMILES string of the molecule is Cc1ccc2[nH]c(C(F)(F)F)c(C#N)c2c1. The number of nitrogens with one attached hydrogen (secondary N) is 1. The minimum atomic E-state index is -4.53. The number of H-pyrrole nitrogens is 1. The molecule has 0 aliphatic rings. The van der Waals surface area contributed by atoms with Crippen molar-refractivity contribution in [2.75, 3.05) is 0 Å². The zero-order valence-electron chi connectivity index (χ0n) is 8.31. The third kappa shape index (κ3) is 1.52. The van der Waals surface area contributed by atoms with Gasteiger partial charge in [-0.3, -0.25) is 0 Å². The van der Waals surface area contributed by atoms with Crippen molar-refractivity contribution in [1.29, 1.82) is 5.26 Å². The van der Waals surface area contributed by atoms with Gasteiger partial charge >= 0.3 is 6.18 Å². The normalized spacial score (nSPS) is 11.7. The fourth-order valence-electron chi connectivity index (χ4n) is 1.63. The summed E-state index contributed by atoms with van der Waals surface area (Å²) < 4.78 is 37.8. The van der Waals surface area contributed by atoms with Crippen molar-refractivity contribution >= 4 is 10.9 Å². The topological polar surface area (TPSA) is 39.6 Å². The fourth-order valence-corrected chi connectivity index (χ4v) is 1.63. The van der Waals surface area contributed by atoms with Crippen molar-refractivity contribution in [3.05, 3.63) is 35.0 Å². The number of hydrogen-bond donors (Lipinski definition) is 1. The average Bonchev–Trinajstić information content (AvgIpc) is 2.54. The molecule has 1 aromatic carbocycles. The summed E-state index contributed by atoms with van der Waals surface area (Å²) in [7, 11) is 0. The smallest absolute Gasteiger partial charge is 0.350 e. The van der Waals surface area contributed by atoms with Crippen LogP contribution in [0.1, 0.15) is 16.8 Å². The van der Waals surface area contributed by atoms with Gasteiger partial charge in [-0.05, 0) is 19.1 Å². The molecular weight excluding hydrogens is 217 g/mol. The number of halogens is 3. The number of alkyl halides is 3. The highest BCUT2D eigenvalue weighted by Gasteiger charge is 2.36. The van der Waals surface area contributed by atoms with Gasteiger partial charge in [-0.15, -0.1) is 0 Å². The summed E-state index contributed by atoms with van der Waals surface area (Å²) in [6.07, 6.45) is -4.53. The minimum absolute atomic E-state index is 0.315. The van der Waals surface area contributed by atoms with Crippen molar-refractivity contribution < 1.29 is 13.2 Å². The lowest BCUT2D eigenvalue weighted by Gasteiger charge is -2.02. The summed E-state index contributed by atoms with van der Waals surface area (Å²) in [5, 5.41) is 9.10. The standard InChI is InChI=1S/C11H7F3N2/c1-6-2-3-9-7(4-6)8(5-15)10(16-9)11(12,13)14/h2-4,16H,1H3. The summed E-state index contributed by atoms with van der Waals surface area (Å²) in [6, 6.07) is 6.41. The van der Waals surface area contributed by atoms with E-state index in [1.54, 1.807) is 31.2 Å². The Labute approximate surface area is 89.3 Å². The molecule has 0 amide bonds. The van der Waals surface area contributed by atoms with Gasteiger partial charge in [0.15, 0.2) is 0 Å². The Balaban J connectivity index is 2.84. The molecule has 0 unspecified atom stereocenters. The second-order valence-electron chi connectivity index (χ2n) is 3.53. The van der Waals surface area contributed by atoms with Gasteiger partial charge in [0.05, 0.1) is 5.56 Å². The van der Waals surface area contributed by atoms with E-state index in [-0.39, 0.29) is 5.56 Å². The molecule has 2 nitrogen and oxygen atoms in total. The van der Waals surface area contributed by atoms with E-state index in [2.05, 4.69) is 4.98 Å². The summed E-state index contributed by atoms with van der Waals surface area (Å²) in [6.45, 7) is 1.76. The van der Waals surface area contributed by atoms with E-state index < -0.39 is 11.9 Å². The molecule has 0 atom stereocenters. The molecule has 82 valence electrons. The molecule has 2 aromatic rings. The van der Waals surface area contributed by atoms with Crippen LogP contribution in [0, 0.1) is 18.3 Å². The Bertz CT molecular complexity index is 588. The van der Waals surface area contributed by atoms with Crippen LogP contribution in [0.2, 0.25) is 0 Å². The van der Waals surface area contributed by atoms with E-state index in [9.17, 15) is 13.2 Å². The van der Waals surface area contributed by atoms with Gasteiger partial charge in [0.1, 0.15) is 11.8 Å². The third-order valence-corrected chi connectivity index (χ3v) is 2.35. The second-order valence-corrected chi connectivity index (χ2v) is 3.53. The van der Waals surface area contributed by atoms with Crippen LogP contribution in [0.25, 0.3) is 10.9 Å². The minimum Gasteiger partial charge on any atom is -0.350 e. The van der Waals surface area contributed by atoms with Crippen molar-refractivity contribution in [3.63, 3.8) is 0 Å². The summed E-state index contributed by atoms with van der Waals surface area (Å²) in [5.41, 5.74) is -0.173. The molecule has 16 heavy (non-hydrogen) atoms. The molecule has 1 N–H and O–H groups in total. The van der Waals surface area contributed by atoms with Crippen LogP contribution < -0.4 is 0 Å². The van der Waals surface area contributed by atoms with Gasteiger partial charge < -0.3 is 4.98 Å². The van der Waals surface area contributed by atoms with E-state index in [1.165, 1.54) is 0 Å². The van der Waals surface area contributed by atoms with E-state index in [1.807, 2.05) is 0 Å². The monoisotopic (exact) mass is 224 g/mol. The molecule has 5 heteroatoms. The highest BCUT2D eigenvalue weighted by molar-refractivity contribution is 5.88. The highest BCUT2D eigenvalue weighted by Crippen LogP contribution is 2.35. The van der Waals surface area contributed by atoms with Crippen LogP contribution in [0.4, 0.5) is 13.2 Å². The molecule has 0 radical (unpaired) electrons. The van der Waals surface area contributed by atoms with E-state index >= 15 is 0 Å². The quantitative estimate of drug-likeness (QED) is 0.732. The number of aromatic nitrogens is 1. The number of nitrogens with zero attached hydrogens (tertiary/aromatic N) is 1. The Hall–Kier alpha value is -1.96. The lowest BCUT2D eigenvalue weighted by Crippen LogP contribution is -2.07. The van der Waals surface area contributed by atoms with Gasteiger partial charge in [0, 0.05) is 10.9 Å². The first-order valence-corrected chi connectivity index (χ1v) is 4.53. The number of hydrogen-bond acceptors (Lipinski definition) is 1. The first-order chi connectivity index (χ1) is 7.43. The number of rotatable bonds is 0. The van der Waals surface area contributed by atoms with E-state index in [0.29, 0.717) is 10.9 Å². The first kappa shape index (κ1) is 10.6. The lowest BCUT2D eigenvalue weighted by atomic mass is 10.1. The lowest BCUT2D eigenvalue weighted by molar-refractivity contribution is -0.140. The van der Waals surface area contributed by atoms with Gasteiger partial charge in [0.2, 0.25) is 0 Å². The summed E-state index contributed by atoms with van der Waals surface area (Å²) in [5.74, 6) is 0. The van der Waals surface area contributed by atoms with Crippen LogP contribution in [-0.2, 0) is 6.18 Å². The summed E-state index contributed by atoms with van der Waals surface area (Å²) in [4.78, 5) is 2.23. The van der Waals surface area contributed by atoms with Crippen LogP contribution in [0.15, 0.2) is 18.2 Å². The molecule has 1 aromatic heterocycles. The van der Waals surface area contributed by atoms with Gasteiger partial charge in [0.25, 0.3) is 0 Å². The molecule has 0 fully saturated rings. The van der Waals surface area contributed by atoms with Gasteiger partial charge in [-0.25, -0.2) is 0 Å². The maximum absolute atomic E-state index is 12.6. The number of aryl methyl sites for hydroxylation is 1. The Morgan fingerprint density at radius 1 is 1.31 bits per heavy atom. The molecule has 0 aliphatic carbocycles. The number of nitriles is 1. The maximum Gasteiger partial charge on any atom is 0.432 e. The molecule has 0 aliphatic heterocycles. The number of fused-ring (bicyclic) bond motifs is 1. The van der Waals surface area contributed by atoms with Gasteiger partial charge in [-0.1, -0.05) is 11.6 Å². The summed E-state index contributed by atoms with van der Waals surface area (Å²) >= 11 is 0. The molecular formula is C11H7F3N2. The largest absolute Gasteiger partial charge is 0.432 e. The maximum atomic E-state index is 12.6. The molecule has 2 rings (SSSR count). The van der Waals surface area contributed by atoms with Crippen LogP contribution in [-0.4, -0.2) is 4.98 Å². The number of aromatic amines is 1. The Morgan fingerprint density at radius 3 is 2.56 bits per heavy atom. The number of benzene rings is 1. The predicted octanol–water partition coefficient (Wildman–Crippen LogP) is 3.37. The van der Waals surface area contributed by atoms with Crippen LogP contribution in [0.5, 0.6) is 0 Å². The third-order valence-electron chi connectivity index (χ3n) is 2.35. The fraction of sp³-hybridized carbons (Fsp3) is 0.182. The van der Waals surface area contributed by atoms with E-state index in [4.69, 9.17) is 5.26 Å². The Kier molecular flexibility index (Phi) is 2.16. The molecule has 0 saturated carbocycles. The molecule has 0 bridgehead atoms. The zero-order chi connectivity index (χ0) is 11.9. The highest BCUT2D eigenvalue weighted by atomic mass is 19.4. The van der Waals surface area contributed by atoms with Crippen molar-refractivity contribution in [2.24, 2.45) is 0 Å². The van der Waals surface area contributed by atoms with Crippen molar-refractivity contribution in [1.82, 2.24) is 4.98 Å². The second kappa shape index (κ2) is 3.27. The van der Waals surface area contributed by atoms with Gasteiger partial charge in [-0.2, -0.15) is 18.4 Å². The molecule has 0 spiro atoms. The predicted molar refractivity (Wildman–Crippen MR) is 52.8 cm³/mol. The van der Waals surface area contributed by atoms with Crippen molar-refractivity contribution in [2.45, 2.75) is 13.1 Å². The average molecular weight is 224 g/mol. The Morgan fingerprint density at radius 2 is 2.00 bits per heavy atom. The van der Waals surface area contributed by atoms with Crippen LogP contribution in [0.3, 0.4) is 0 Å². The molecule has 0 saturated heterocycles. The van der Waals surface area contributed by atoms with Crippen molar-refractivity contribution in [3.8, 4) is 6.07 Å². The zero-order valence-corrected chi connectivity index (χ0v) is 8.31. The van der Waals surface area contributed by atoms with E-state index in [0.717, 1.165) is 5.56 Å².